The summed E-state index contributed by atoms with van der Waals surface area (Å²) in [5.74, 6) is 0.707. The number of rotatable bonds is 11. The molecule has 3 heteroatoms. The number of hydrogen-bond donors (Lipinski definition) is 0. The monoisotopic (exact) mass is 340 g/mol. The first-order chi connectivity index (χ1) is 11.2. The van der Waals surface area contributed by atoms with Crippen LogP contribution in [0.5, 0.6) is 0 Å². The second kappa shape index (κ2) is 10.6. The Morgan fingerprint density at radius 3 is 1.96 bits per heavy atom. The molecule has 2 unspecified atom stereocenters. The van der Waals surface area contributed by atoms with Gasteiger partial charge in [-0.2, -0.15) is 0 Å². The first-order valence-electron chi connectivity index (χ1n) is 10.1. The third-order valence-corrected chi connectivity index (χ3v) is 7.96. The van der Waals surface area contributed by atoms with Gasteiger partial charge in [0, 0.05) is 33.6 Å². The molecule has 23 heavy (non-hydrogen) atoms. The molecular weight excluding hydrogens is 304 g/mol. The molecule has 2 saturated heterocycles. The maximum Gasteiger partial charge on any atom is 0.136 e. The van der Waals surface area contributed by atoms with Crippen LogP contribution in [0.4, 0.5) is 0 Å². The molecular formula is C20H36O2S. The van der Waals surface area contributed by atoms with Crippen LogP contribution in [0.25, 0.3) is 0 Å². The Hall–Kier alpha value is -0.180. The number of carbonyl (C=O) groups excluding carboxylic acids is 1. The van der Waals surface area contributed by atoms with E-state index < -0.39 is 10.8 Å². The van der Waals surface area contributed by atoms with Gasteiger partial charge >= 0.3 is 0 Å². The fourth-order valence-corrected chi connectivity index (χ4v) is 6.50. The fraction of sp³-hybridized carbons (Fsp3) is 0.950. The van der Waals surface area contributed by atoms with Gasteiger partial charge in [-0.1, -0.05) is 64.7 Å². The van der Waals surface area contributed by atoms with Gasteiger partial charge in [-0.3, -0.25) is 9.00 Å². The van der Waals surface area contributed by atoms with E-state index in [-0.39, 0.29) is 5.92 Å². The second-order valence-electron chi connectivity index (χ2n) is 7.72. The van der Waals surface area contributed by atoms with Crippen molar-refractivity contribution in [1.82, 2.24) is 0 Å². The van der Waals surface area contributed by atoms with Crippen LogP contribution in [0.3, 0.4) is 0 Å². The summed E-state index contributed by atoms with van der Waals surface area (Å²) in [6.07, 6.45) is 17.8. The molecule has 0 radical (unpaired) electrons. The predicted octanol–water partition coefficient (Wildman–Crippen LogP) is 5.56. The van der Waals surface area contributed by atoms with Gasteiger partial charge in [-0.25, -0.2) is 0 Å². The highest BCUT2D eigenvalue weighted by Gasteiger charge is 2.39. The molecule has 2 rings (SSSR count). The van der Waals surface area contributed by atoms with Crippen molar-refractivity contribution in [2.75, 3.05) is 0 Å². The van der Waals surface area contributed by atoms with Crippen molar-refractivity contribution < 1.29 is 9.00 Å². The molecule has 0 N–H and O–H groups in total. The highest BCUT2D eigenvalue weighted by atomic mass is 32.2. The molecule has 0 aromatic rings. The van der Waals surface area contributed by atoms with Crippen LogP contribution in [-0.2, 0) is 15.6 Å². The quantitative estimate of drug-likeness (QED) is 0.462. The summed E-state index contributed by atoms with van der Waals surface area (Å²) in [4.78, 5) is 12.4. The van der Waals surface area contributed by atoms with Crippen molar-refractivity contribution in [1.29, 1.82) is 0 Å². The topological polar surface area (TPSA) is 34.1 Å². The Labute approximate surface area is 145 Å². The molecule has 2 heterocycles. The standard InChI is InChI=1S/C20H36O2S/c1-2-3-4-5-6-7-8-9-10-14-20(21)17-15-18-12-11-13-19(16-17)23(18)22/h17-19H,2-16H2,1H3. The molecule has 2 aliphatic heterocycles. The van der Waals surface area contributed by atoms with Crippen LogP contribution >= 0.6 is 0 Å². The second-order valence-corrected chi connectivity index (χ2v) is 9.71. The maximum atomic E-state index is 12.4. The largest absolute Gasteiger partial charge is 0.299 e. The lowest BCUT2D eigenvalue weighted by atomic mass is 9.85. The maximum absolute atomic E-state index is 12.4. The summed E-state index contributed by atoms with van der Waals surface area (Å²) in [6, 6.07) is 0. The van der Waals surface area contributed by atoms with Gasteiger partial charge in [0.15, 0.2) is 0 Å². The summed E-state index contributed by atoms with van der Waals surface area (Å²) in [6.45, 7) is 2.26. The van der Waals surface area contributed by atoms with Gasteiger partial charge < -0.3 is 0 Å². The van der Waals surface area contributed by atoms with Gasteiger partial charge in [0.25, 0.3) is 0 Å². The van der Waals surface area contributed by atoms with E-state index in [1.807, 2.05) is 0 Å². The smallest absolute Gasteiger partial charge is 0.136 e. The van der Waals surface area contributed by atoms with E-state index in [1.165, 1.54) is 57.8 Å². The zero-order valence-electron chi connectivity index (χ0n) is 15.1. The van der Waals surface area contributed by atoms with Gasteiger partial charge in [0.1, 0.15) is 5.78 Å². The third-order valence-electron chi connectivity index (χ3n) is 5.79. The minimum absolute atomic E-state index is 0.233. The molecule has 0 spiro atoms. The molecule has 0 amide bonds. The molecule has 134 valence electrons. The minimum atomic E-state index is -0.639. The molecule has 0 saturated carbocycles. The van der Waals surface area contributed by atoms with E-state index in [2.05, 4.69) is 6.92 Å². The highest BCUT2D eigenvalue weighted by Crippen LogP contribution is 2.37. The van der Waals surface area contributed by atoms with Gasteiger partial charge in [-0.15, -0.1) is 0 Å². The molecule has 0 aromatic carbocycles. The number of hydrogen-bond acceptors (Lipinski definition) is 2. The number of Topliss-reactive ketones (excluding diaryl/α,β-unsaturated/α-hetero) is 1. The molecule has 2 atom stereocenters. The van der Waals surface area contributed by atoms with E-state index in [9.17, 15) is 9.00 Å². The van der Waals surface area contributed by atoms with Crippen LogP contribution in [0.2, 0.25) is 0 Å². The van der Waals surface area contributed by atoms with E-state index in [0.29, 0.717) is 16.3 Å². The van der Waals surface area contributed by atoms with Crippen molar-refractivity contribution in [3.05, 3.63) is 0 Å². The number of fused-ring (bicyclic) bond motifs is 2. The molecule has 2 aliphatic rings. The SMILES string of the molecule is CCCCCCCCCCCC(=O)C1CC2CCCC(C1)S2=O. The Morgan fingerprint density at radius 2 is 1.39 bits per heavy atom. The van der Waals surface area contributed by atoms with Crippen molar-refractivity contribution in [3.8, 4) is 0 Å². The molecule has 2 fully saturated rings. The fourth-order valence-electron chi connectivity index (χ4n) is 4.31. The Bertz CT molecular complexity index is 364. The first kappa shape index (κ1) is 19.1. The molecule has 2 bridgehead atoms. The summed E-state index contributed by atoms with van der Waals surface area (Å²) in [7, 11) is -0.639. The minimum Gasteiger partial charge on any atom is -0.299 e. The molecule has 0 aliphatic carbocycles. The summed E-state index contributed by atoms with van der Waals surface area (Å²) in [5, 5.41) is 0.666. The number of unbranched alkanes of at least 4 members (excludes halogenated alkanes) is 8. The Kier molecular flexibility index (Phi) is 8.86. The van der Waals surface area contributed by atoms with Crippen LogP contribution in [0.15, 0.2) is 0 Å². The predicted molar refractivity (Wildman–Crippen MR) is 99.1 cm³/mol. The average molecular weight is 341 g/mol. The van der Waals surface area contributed by atoms with Crippen molar-refractivity contribution in [2.45, 2.75) is 114 Å². The van der Waals surface area contributed by atoms with Crippen molar-refractivity contribution >= 4 is 16.6 Å². The third kappa shape index (κ3) is 6.32. The zero-order chi connectivity index (χ0) is 16.5. The van der Waals surface area contributed by atoms with Gasteiger partial charge in [0.05, 0.1) is 0 Å². The lowest BCUT2D eigenvalue weighted by molar-refractivity contribution is -0.123. The van der Waals surface area contributed by atoms with Crippen molar-refractivity contribution in [3.63, 3.8) is 0 Å². The Morgan fingerprint density at radius 1 is 0.870 bits per heavy atom. The highest BCUT2D eigenvalue weighted by molar-refractivity contribution is 7.86. The summed E-state index contributed by atoms with van der Waals surface area (Å²) in [5.41, 5.74) is 0. The normalized spacial score (nSPS) is 30.3. The van der Waals surface area contributed by atoms with E-state index >= 15 is 0 Å². The van der Waals surface area contributed by atoms with E-state index in [0.717, 1.165) is 38.5 Å². The van der Waals surface area contributed by atoms with Crippen LogP contribution in [0, 0.1) is 5.92 Å². The molecule has 2 nitrogen and oxygen atoms in total. The van der Waals surface area contributed by atoms with Crippen LogP contribution in [0.1, 0.15) is 103 Å². The van der Waals surface area contributed by atoms with E-state index in [1.54, 1.807) is 0 Å². The lowest BCUT2D eigenvalue weighted by Gasteiger charge is -2.37. The van der Waals surface area contributed by atoms with Crippen LogP contribution in [-0.4, -0.2) is 20.5 Å². The van der Waals surface area contributed by atoms with E-state index in [4.69, 9.17) is 0 Å². The first-order valence-corrected chi connectivity index (χ1v) is 11.4. The molecule has 0 aromatic heterocycles. The zero-order valence-corrected chi connectivity index (χ0v) is 15.9. The lowest BCUT2D eigenvalue weighted by Crippen LogP contribution is -2.41. The average Bonchev–Trinajstić information content (AvgIpc) is 2.53. The van der Waals surface area contributed by atoms with Gasteiger partial charge in [0.2, 0.25) is 0 Å². The van der Waals surface area contributed by atoms with Crippen molar-refractivity contribution in [2.24, 2.45) is 5.92 Å². The summed E-state index contributed by atoms with van der Waals surface area (Å²) >= 11 is 0. The number of ketones is 1. The van der Waals surface area contributed by atoms with Crippen LogP contribution < -0.4 is 0 Å². The summed E-state index contributed by atoms with van der Waals surface area (Å²) < 4.78 is 12.2. The number of carbonyl (C=O) groups is 1. The van der Waals surface area contributed by atoms with Gasteiger partial charge in [-0.05, 0) is 32.1 Å². The Balaban J connectivity index is 1.53.